The largest absolute Gasteiger partial charge is 0.472 e. The van der Waals surface area contributed by atoms with E-state index in [-0.39, 0.29) is 25.7 Å². The summed E-state index contributed by atoms with van der Waals surface area (Å²) in [5, 5.41) is 10.6. The van der Waals surface area contributed by atoms with Crippen LogP contribution < -0.4 is 0 Å². The standard InChI is InChI=1S/C77H142O17P2/c1-5-9-13-17-21-25-29-33-35-39-42-46-50-54-58-62-75(80)88-68-72(93-76(81)63-59-55-51-47-43-38-32-28-24-20-16-12-8-4)69-91-95(83,84)89-65-71(78)66-90-96(85,86)92-70-73(67-87-74(79)61-57-53-49-45-41-37-31-27-23-19-15-11-7-3)94-77(82)64-60-56-52-48-44-40-36-34-30-26-22-18-14-10-6-2/h22,25-26,29,33-36,71-73,78H,5-21,23-24,27-28,30-32,37-70H2,1-4H3,(H,83,84)(H,85,86)/b26-22-,29-25-,35-33-,36-34-/t71-,72-,73-/m1/s1. The van der Waals surface area contributed by atoms with Crippen LogP contribution in [-0.2, 0) is 65.4 Å². The minimum absolute atomic E-state index is 0.0850. The molecule has 96 heavy (non-hydrogen) atoms. The Labute approximate surface area is 585 Å². The molecule has 2 unspecified atom stereocenters. The maximum absolute atomic E-state index is 13.1. The molecule has 0 aromatic rings. The SMILES string of the molecule is CCCCC/C=C\C/C=C\CCCCCCCC(=O)O[C@H](COC(=O)CCCCCCCCCCCCCCC)COP(=O)(O)OC[C@H](O)COP(=O)(O)OC[C@@H](COC(=O)CCCCCCC/C=C\C=C/CCCCCC)OC(=O)CCCCCCCCCCCCCCC. The van der Waals surface area contributed by atoms with Crippen LogP contribution in [0.25, 0.3) is 0 Å². The number of rotatable bonds is 74. The summed E-state index contributed by atoms with van der Waals surface area (Å²) in [5.41, 5.74) is 0. The van der Waals surface area contributed by atoms with Crippen molar-refractivity contribution < 1.29 is 80.2 Å². The molecule has 0 radical (unpaired) electrons. The predicted octanol–water partition coefficient (Wildman–Crippen LogP) is 22.1. The Morgan fingerprint density at radius 2 is 0.542 bits per heavy atom. The van der Waals surface area contributed by atoms with Gasteiger partial charge in [0.2, 0.25) is 0 Å². The molecule has 0 saturated heterocycles. The van der Waals surface area contributed by atoms with Gasteiger partial charge in [-0.2, -0.15) is 0 Å². The maximum Gasteiger partial charge on any atom is 0.472 e. The highest BCUT2D eigenvalue weighted by atomic mass is 31.2. The van der Waals surface area contributed by atoms with E-state index in [9.17, 15) is 43.2 Å². The van der Waals surface area contributed by atoms with Crippen LogP contribution in [0, 0.1) is 0 Å². The van der Waals surface area contributed by atoms with Gasteiger partial charge in [-0.05, 0) is 83.5 Å². The lowest BCUT2D eigenvalue weighted by atomic mass is 10.0. The minimum atomic E-state index is -4.97. The van der Waals surface area contributed by atoms with Crippen LogP contribution in [0.3, 0.4) is 0 Å². The van der Waals surface area contributed by atoms with Crippen LogP contribution >= 0.6 is 15.6 Å². The molecular formula is C77H142O17P2. The highest BCUT2D eigenvalue weighted by molar-refractivity contribution is 7.47. The molecule has 562 valence electrons. The topological polar surface area (TPSA) is 237 Å². The van der Waals surface area contributed by atoms with Gasteiger partial charge in [-0.1, -0.05) is 301 Å². The third-order valence-corrected chi connectivity index (χ3v) is 18.7. The van der Waals surface area contributed by atoms with Gasteiger partial charge in [-0.25, -0.2) is 9.13 Å². The van der Waals surface area contributed by atoms with Crippen molar-refractivity contribution in [1.82, 2.24) is 0 Å². The second-order valence-corrected chi connectivity index (χ2v) is 29.2. The zero-order valence-electron chi connectivity index (χ0n) is 61.3. The van der Waals surface area contributed by atoms with E-state index in [1.54, 1.807) is 0 Å². The Balaban J connectivity index is 5.33. The summed E-state index contributed by atoms with van der Waals surface area (Å²) in [5.74, 6) is -2.17. The lowest BCUT2D eigenvalue weighted by Crippen LogP contribution is -2.30. The average Bonchev–Trinajstić information content (AvgIpc) is 1.29. The van der Waals surface area contributed by atoms with E-state index in [0.717, 1.165) is 128 Å². The highest BCUT2D eigenvalue weighted by Crippen LogP contribution is 2.45. The molecule has 0 aliphatic rings. The molecule has 0 spiro atoms. The second-order valence-electron chi connectivity index (χ2n) is 26.3. The molecule has 0 aromatic heterocycles. The molecule has 0 aromatic carbocycles. The molecule has 0 fully saturated rings. The van der Waals surface area contributed by atoms with Crippen molar-refractivity contribution in [3.8, 4) is 0 Å². The van der Waals surface area contributed by atoms with Gasteiger partial charge >= 0.3 is 39.5 Å². The van der Waals surface area contributed by atoms with Crippen molar-refractivity contribution in [2.75, 3.05) is 39.6 Å². The number of phosphoric acid groups is 2. The van der Waals surface area contributed by atoms with Crippen molar-refractivity contribution in [3.05, 3.63) is 48.6 Å². The lowest BCUT2D eigenvalue weighted by Gasteiger charge is -2.21. The van der Waals surface area contributed by atoms with E-state index in [0.29, 0.717) is 25.7 Å². The number of hydrogen-bond donors (Lipinski definition) is 3. The number of hydrogen-bond acceptors (Lipinski definition) is 15. The van der Waals surface area contributed by atoms with Crippen LogP contribution in [0.1, 0.15) is 362 Å². The van der Waals surface area contributed by atoms with E-state index < -0.39 is 97.5 Å². The van der Waals surface area contributed by atoms with Gasteiger partial charge in [0, 0.05) is 25.7 Å². The van der Waals surface area contributed by atoms with E-state index in [4.69, 9.17) is 37.0 Å². The van der Waals surface area contributed by atoms with Crippen LogP contribution in [0.15, 0.2) is 48.6 Å². The summed E-state index contributed by atoms with van der Waals surface area (Å²) in [6.45, 7) is 4.86. The molecule has 19 heteroatoms. The van der Waals surface area contributed by atoms with E-state index >= 15 is 0 Å². The summed E-state index contributed by atoms with van der Waals surface area (Å²) in [6, 6.07) is 0. The first-order valence-electron chi connectivity index (χ1n) is 38.9. The van der Waals surface area contributed by atoms with Gasteiger partial charge in [-0.15, -0.1) is 0 Å². The minimum Gasteiger partial charge on any atom is -0.462 e. The number of carbonyl (C=O) groups excluding carboxylic acids is 4. The number of carbonyl (C=O) groups is 4. The van der Waals surface area contributed by atoms with Crippen molar-refractivity contribution in [2.45, 2.75) is 380 Å². The number of esters is 4. The monoisotopic (exact) mass is 1400 g/mol. The zero-order chi connectivity index (χ0) is 70.4. The van der Waals surface area contributed by atoms with Gasteiger partial charge in [0.15, 0.2) is 12.2 Å². The van der Waals surface area contributed by atoms with Crippen LogP contribution in [-0.4, -0.2) is 96.7 Å². The van der Waals surface area contributed by atoms with Crippen molar-refractivity contribution in [2.24, 2.45) is 0 Å². The summed E-state index contributed by atoms with van der Waals surface area (Å²) in [4.78, 5) is 72.8. The number of ether oxygens (including phenoxy) is 4. The zero-order valence-corrected chi connectivity index (χ0v) is 63.1. The first kappa shape index (κ1) is 93.0. The van der Waals surface area contributed by atoms with Crippen molar-refractivity contribution in [1.29, 1.82) is 0 Å². The molecule has 0 bridgehead atoms. The van der Waals surface area contributed by atoms with Gasteiger partial charge in [0.05, 0.1) is 26.4 Å². The third-order valence-electron chi connectivity index (χ3n) is 16.8. The fourth-order valence-electron chi connectivity index (χ4n) is 10.8. The van der Waals surface area contributed by atoms with E-state index in [1.807, 2.05) is 0 Å². The number of aliphatic hydroxyl groups is 1. The summed E-state index contributed by atoms with van der Waals surface area (Å²) < 4.78 is 68.5. The predicted molar refractivity (Wildman–Crippen MR) is 390 cm³/mol. The molecule has 5 atom stereocenters. The molecule has 3 N–H and O–H groups in total. The van der Waals surface area contributed by atoms with E-state index in [2.05, 4.69) is 76.3 Å². The Morgan fingerprint density at radius 1 is 0.302 bits per heavy atom. The molecule has 0 rings (SSSR count). The lowest BCUT2D eigenvalue weighted by molar-refractivity contribution is -0.161. The molecule has 0 heterocycles. The van der Waals surface area contributed by atoms with Crippen molar-refractivity contribution in [3.63, 3.8) is 0 Å². The Kier molecular flexibility index (Phi) is 68.3. The molecule has 17 nitrogen and oxygen atoms in total. The van der Waals surface area contributed by atoms with Crippen LogP contribution in [0.2, 0.25) is 0 Å². The second kappa shape index (κ2) is 70.5. The normalized spacial score (nSPS) is 14.2. The van der Waals surface area contributed by atoms with Crippen LogP contribution in [0.5, 0.6) is 0 Å². The number of allylic oxidation sites excluding steroid dienone is 8. The first-order chi connectivity index (χ1) is 46.7. The quantitative estimate of drug-likeness (QED) is 0.0128. The Morgan fingerprint density at radius 3 is 0.865 bits per heavy atom. The number of aliphatic hydroxyl groups excluding tert-OH is 1. The average molecular weight is 1400 g/mol. The third kappa shape index (κ3) is 69.5. The van der Waals surface area contributed by atoms with Gasteiger partial charge in [0.1, 0.15) is 19.3 Å². The molecular weight excluding hydrogens is 1260 g/mol. The highest BCUT2D eigenvalue weighted by Gasteiger charge is 2.30. The van der Waals surface area contributed by atoms with Crippen molar-refractivity contribution >= 4 is 39.5 Å². The van der Waals surface area contributed by atoms with Gasteiger partial charge in [0.25, 0.3) is 0 Å². The molecule has 0 aliphatic heterocycles. The molecule has 0 amide bonds. The van der Waals surface area contributed by atoms with Crippen LogP contribution in [0.4, 0.5) is 0 Å². The summed E-state index contributed by atoms with van der Waals surface area (Å²) in [7, 11) is -9.93. The summed E-state index contributed by atoms with van der Waals surface area (Å²) >= 11 is 0. The number of unbranched alkanes of at least 4 members (excludes halogenated alkanes) is 41. The maximum atomic E-state index is 13.1. The molecule has 0 saturated carbocycles. The summed E-state index contributed by atoms with van der Waals surface area (Å²) in [6.07, 6.45) is 66.6. The number of phosphoric ester groups is 2. The Bertz CT molecular complexity index is 2010. The van der Waals surface area contributed by atoms with E-state index in [1.165, 1.54) is 154 Å². The molecule has 0 aliphatic carbocycles. The van der Waals surface area contributed by atoms with Gasteiger partial charge < -0.3 is 33.8 Å². The smallest absolute Gasteiger partial charge is 0.462 e. The fraction of sp³-hybridized carbons (Fsp3) is 0.844. The first-order valence-corrected chi connectivity index (χ1v) is 41.9. The Hall–Kier alpha value is -2.98. The van der Waals surface area contributed by atoms with Gasteiger partial charge in [-0.3, -0.25) is 37.3 Å². The fourth-order valence-corrected chi connectivity index (χ4v) is 12.4.